The number of halogens is 1. The third-order valence-electron chi connectivity index (χ3n) is 5.42. The van der Waals surface area contributed by atoms with Crippen LogP contribution in [0.3, 0.4) is 0 Å². The molecule has 0 bridgehead atoms. The van der Waals surface area contributed by atoms with Crippen LogP contribution in [-0.2, 0) is 24.3 Å². The molecule has 3 heterocycles. The summed E-state index contributed by atoms with van der Waals surface area (Å²) >= 11 is 6.24. The van der Waals surface area contributed by atoms with Crippen molar-refractivity contribution in [3.05, 3.63) is 34.5 Å². The molecule has 1 aromatic heterocycles. The van der Waals surface area contributed by atoms with Gasteiger partial charge in [0.25, 0.3) is 0 Å². The minimum Gasteiger partial charge on any atom is -0.344 e. The Balaban J connectivity index is 1.65. The second-order valence-corrected chi connectivity index (χ2v) is 7.50. The molecule has 2 aliphatic rings. The maximum Gasteiger partial charge on any atom is 0.224 e. The minimum absolute atomic E-state index is 0.296. The summed E-state index contributed by atoms with van der Waals surface area (Å²) in [5.41, 5.74) is 3.99. The standard InChI is InChI=1S/C19H24ClN3O/c1-21-10-6-18-16(13-21)15-12-14(20)4-5-17(15)23(18)11-7-19(24)22-8-2-3-9-22/h4-5,12H,2-3,6-11,13H2,1H3. The van der Waals surface area contributed by atoms with E-state index in [9.17, 15) is 4.79 Å². The van der Waals surface area contributed by atoms with E-state index in [1.165, 1.54) is 22.2 Å². The van der Waals surface area contributed by atoms with E-state index in [-0.39, 0.29) is 0 Å². The van der Waals surface area contributed by atoms with Gasteiger partial charge in [-0.25, -0.2) is 0 Å². The minimum atomic E-state index is 0.296. The number of nitrogens with zero attached hydrogens (tertiary/aromatic N) is 3. The number of carbonyl (C=O) groups is 1. The Kier molecular flexibility index (Phi) is 4.27. The normalized spacial score (nSPS) is 18.3. The molecule has 1 amide bonds. The fourth-order valence-corrected chi connectivity index (χ4v) is 4.32. The molecule has 5 heteroatoms. The van der Waals surface area contributed by atoms with Crippen molar-refractivity contribution in [2.24, 2.45) is 0 Å². The molecule has 0 aliphatic carbocycles. The number of aryl methyl sites for hydroxylation is 1. The Morgan fingerprint density at radius 3 is 2.79 bits per heavy atom. The number of rotatable bonds is 3. The van der Waals surface area contributed by atoms with E-state index in [2.05, 4.69) is 28.6 Å². The predicted molar refractivity (Wildman–Crippen MR) is 97.4 cm³/mol. The van der Waals surface area contributed by atoms with Crippen molar-refractivity contribution >= 4 is 28.4 Å². The van der Waals surface area contributed by atoms with Crippen LogP contribution in [-0.4, -0.2) is 47.0 Å². The number of amides is 1. The molecule has 0 spiro atoms. The summed E-state index contributed by atoms with van der Waals surface area (Å²) in [6, 6.07) is 6.14. The highest BCUT2D eigenvalue weighted by Crippen LogP contribution is 2.32. The summed E-state index contributed by atoms with van der Waals surface area (Å²) in [6.45, 7) is 4.66. The molecular formula is C19H24ClN3O. The summed E-state index contributed by atoms with van der Waals surface area (Å²) in [4.78, 5) is 16.8. The largest absolute Gasteiger partial charge is 0.344 e. The van der Waals surface area contributed by atoms with Crippen LogP contribution < -0.4 is 0 Å². The monoisotopic (exact) mass is 345 g/mol. The van der Waals surface area contributed by atoms with Gasteiger partial charge in [0.05, 0.1) is 0 Å². The summed E-state index contributed by atoms with van der Waals surface area (Å²) < 4.78 is 2.36. The predicted octanol–water partition coefficient (Wildman–Crippen LogP) is 3.30. The Labute approximate surface area is 148 Å². The summed E-state index contributed by atoms with van der Waals surface area (Å²) in [5, 5.41) is 2.03. The van der Waals surface area contributed by atoms with Crippen LogP contribution in [0.5, 0.6) is 0 Å². The van der Waals surface area contributed by atoms with Crippen LogP contribution in [0.1, 0.15) is 30.5 Å². The van der Waals surface area contributed by atoms with Gasteiger partial charge in [-0.15, -0.1) is 0 Å². The fourth-order valence-electron chi connectivity index (χ4n) is 4.14. The van der Waals surface area contributed by atoms with Gasteiger partial charge in [-0.05, 0) is 43.7 Å². The number of likely N-dealkylation sites (N-methyl/N-ethyl adjacent to an activating group) is 1. The zero-order valence-electron chi connectivity index (χ0n) is 14.2. The lowest BCUT2D eigenvalue weighted by atomic mass is 10.1. The Morgan fingerprint density at radius 2 is 2.00 bits per heavy atom. The lowest BCUT2D eigenvalue weighted by molar-refractivity contribution is -0.130. The Hall–Kier alpha value is -1.52. The van der Waals surface area contributed by atoms with Crippen molar-refractivity contribution in [1.29, 1.82) is 0 Å². The lowest BCUT2D eigenvalue weighted by Gasteiger charge is -2.24. The highest BCUT2D eigenvalue weighted by atomic mass is 35.5. The van der Waals surface area contributed by atoms with E-state index in [1.807, 2.05) is 11.0 Å². The fraction of sp³-hybridized carbons (Fsp3) is 0.526. The number of benzene rings is 1. The second-order valence-electron chi connectivity index (χ2n) is 7.06. The van der Waals surface area contributed by atoms with E-state index in [1.54, 1.807) is 0 Å². The number of hydrogen-bond acceptors (Lipinski definition) is 2. The van der Waals surface area contributed by atoms with Gasteiger partial charge in [0.2, 0.25) is 5.91 Å². The second kappa shape index (κ2) is 6.41. The highest BCUT2D eigenvalue weighted by Gasteiger charge is 2.24. The molecule has 0 atom stereocenters. The van der Waals surface area contributed by atoms with Gasteiger partial charge in [0, 0.05) is 67.2 Å². The van der Waals surface area contributed by atoms with Crippen LogP contribution in [0.25, 0.3) is 10.9 Å². The van der Waals surface area contributed by atoms with Crippen LogP contribution in [0.15, 0.2) is 18.2 Å². The SMILES string of the molecule is CN1CCc2c(c3cc(Cl)ccc3n2CCC(=O)N2CCCC2)C1. The Bertz CT molecular complexity index is 777. The molecule has 0 N–H and O–H groups in total. The first-order chi connectivity index (χ1) is 11.6. The molecule has 2 aliphatic heterocycles. The van der Waals surface area contributed by atoms with Crippen molar-refractivity contribution in [3.63, 3.8) is 0 Å². The van der Waals surface area contributed by atoms with E-state index in [0.717, 1.165) is 57.0 Å². The van der Waals surface area contributed by atoms with Crippen LogP contribution in [0, 0.1) is 0 Å². The van der Waals surface area contributed by atoms with Crippen LogP contribution in [0.2, 0.25) is 5.02 Å². The van der Waals surface area contributed by atoms with Crippen molar-refractivity contribution in [3.8, 4) is 0 Å². The van der Waals surface area contributed by atoms with Gasteiger partial charge in [-0.3, -0.25) is 4.79 Å². The zero-order valence-corrected chi connectivity index (χ0v) is 15.0. The quantitative estimate of drug-likeness (QED) is 0.854. The first kappa shape index (κ1) is 16.0. The number of likely N-dealkylation sites (tertiary alicyclic amines) is 1. The number of hydrogen-bond donors (Lipinski definition) is 0. The molecule has 1 saturated heterocycles. The molecule has 0 radical (unpaired) electrons. The average Bonchev–Trinajstić information content (AvgIpc) is 3.19. The summed E-state index contributed by atoms with van der Waals surface area (Å²) in [7, 11) is 2.16. The first-order valence-corrected chi connectivity index (χ1v) is 9.27. The van der Waals surface area contributed by atoms with E-state index < -0.39 is 0 Å². The van der Waals surface area contributed by atoms with Gasteiger partial charge in [0.15, 0.2) is 0 Å². The maximum absolute atomic E-state index is 12.4. The third kappa shape index (κ3) is 2.82. The molecule has 4 nitrogen and oxygen atoms in total. The number of aromatic nitrogens is 1. The Morgan fingerprint density at radius 1 is 1.21 bits per heavy atom. The maximum atomic E-state index is 12.4. The smallest absolute Gasteiger partial charge is 0.224 e. The first-order valence-electron chi connectivity index (χ1n) is 8.89. The molecule has 2 aromatic rings. The van der Waals surface area contributed by atoms with E-state index in [4.69, 9.17) is 11.6 Å². The van der Waals surface area contributed by atoms with Crippen LogP contribution in [0.4, 0.5) is 0 Å². The number of fused-ring (bicyclic) bond motifs is 3. The van der Waals surface area contributed by atoms with Gasteiger partial charge in [0.1, 0.15) is 0 Å². The lowest BCUT2D eigenvalue weighted by Crippen LogP contribution is -2.29. The van der Waals surface area contributed by atoms with Gasteiger partial charge < -0.3 is 14.4 Å². The van der Waals surface area contributed by atoms with Crippen molar-refractivity contribution < 1.29 is 4.79 Å². The van der Waals surface area contributed by atoms with E-state index >= 15 is 0 Å². The summed E-state index contributed by atoms with van der Waals surface area (Å²) in [5.74, 6) is 0.296. The molecule has 128 valence electrons. The molecule has 1 fully saturated rings. The molecule has 4 rings (SSSR count). The summed E-state index contributed by atoms with van der Waals surface area (Å²) in [6.07, 6.45) is 3.93. The van der Waals surface area contributed by atoms with Gasteiger partial charge >= 0.3 is 0 Å². The molecular weight excluding hydrogens is 322 g/mol. The third-order valence-corrected chi connectivity index (χ3v) is 5.65. The molecule has 0 unspecified atom stereocenters. The van der Waals surface area contributed by atoms with Gasteiger partial charge in [-0.1, -0.05) is 11.6 Å². The van der Waals surface area contributed by atoms with Crippen LogP contribution >= 0.6 is 11.6 Å². The molecule has 1 aromatic carbocycles. The van der Waals surface area contributed by atoms with Gasteiger partial charge in [-0.2, -0.15) is 0 Å². The van der Waals surface area contributed by atoms with Crippen molar-refractivity contribution in [2.45, 2.75) is 38.8 Å². The highest BCUT2D eigenvalue weighted by molar-refractivity contribution is 6.31. The molecule has 0 saturated carbocycles. The van der Waals surface area contributed by atoms with Crippen molar-refractivity contribution in [2.75, 3.05) is 26.7 Å². The average molecular weight is 346 g/mol. The van der Waals surface area contributed by atoms with E-state index in [0.29, 0.717) is 12.3 Å². The zero-order chi connectivity index (χ0) is 16.7. The number of carbonyl (C=O) groups excluding carboxylic acids is 1. The molecule has 24 heavy (non-hydrogen) atoms. The van der Waals surface area contributed by atoms with Crippen molar-refractivity contribution in [1.82, 2.24) is 14.4 Å². The topological polar surface area (TPSA) is 28.5 Å².